The minimum Gasteiger partial charge on any atom is -0.508 e. The lowest BCUT2D eigenvalue weighted by molar-refractivity contribution is -0.384. The van der Waals surface area contributed by atoms with Crippen LogP contribution in [0.25, 0.3) is 0 Å². The molecule has 0 aliphatic rings. The van der Waals surface area contributed by atoms with Crippen LogP contribution in [-0.4, -0.2) is 10.0 Å². The number of aromatic hydroxyl groups is 1. The van der Waals surface area contributed by atoms with Gasteiger partial charge in [-0.2, -0.15) is 0 Å². The number of hydrogen-bond acceptors (Lipinski definition) is 4. The number of anilines is 1. The molecule has 0 saturated heterocycles. The molecular formula is C13H10FIN2O3. The van der Waals surface area contributed by atoms with Gasteiger partial charge in [-0.15, -0.1) is 0 Å². The van der Waals surface area contributed by atoms with Crippen molar-refractivity contribution in [1.82, 2.24) is 0 Å². The van der Waals surface area contributed by atoms with E-state index in [4.69, 9.17) is 0 Å². The van der Waals surface area contributed by atoms with Crippen LogP contribution in [0.5, 0.6) is 5.75 Å². The number of hydrogen-bond donors (Lipinski definition) is 2. The second kappa shape index (κ2) is 6.04. The Labute approximate surface area is 127 Å². The highest BCUT2D eigenvalue weighted by Crippen LogP contribution is 2.29. The van der Waals surface area contributed by atoms with Crippen LogP contribution in [0.2, 0.25) is 0 Å². The van der Waals surface area contributed by atoms with Gasteiger partial charge in [0.25, 0.3) is 5.69 Å². The van der Waals surface area contributed by atoms with Crippen LogP contribution in [0.4, 0.5) is 15.8 Å². The predicted octanol–water partition coefficient (Wildman–Crippen LogP) is 3.66. The van der Waals surface area contributed by atoms with Crippen molar-refractivity contribution in [3.8, 4) is 5.75 Å². The molecule has 0 heterocycles. The number of benzene rings is 2. The third-order valence-corrected chi connectivity index (χ3v) is 3.52. The lowest BCUT2D eigenvalue weighted by atomic mass is 10.2. The van der Waals surface area contributed by atoms with Gasteiger partial charge < -0.3 is 10.4 Å². The standard InChI is InChI=1S/C13H10FIN2O3/c14-9-5-11(12(17(19)20)6-10(9)15)16-7-8-3-1-2-4-13(8)18/h1-6,16,18H,7H2. The van der Waals surface area contributed by atoms with Gasteiger partial charge in [0.15, 0.2) is 0 Å². The molecular weight excluding hydrogens is 378 g/mol. The summed E-state index contributed by atoms with van der Waals surface area (Å²) in [4.78, 5) is 10.4. The van der Waals surface area contributed by atoms with Crippen LogP contribution < -0.4 is 5.32 Å². The topological polar surface area (TPSA) is 75.4 Å². The largest absolute Gasteiger partial charge is 0.508 e. The van der Waals surface area contributed by atoms with E-state index in [2.05, 4.69) is 5.32 Å². The summed E-state index contributed by atoms with van der Waals surface area (Å²) < 4.78 is 13.7. The Morgan fingerprint density at radius 2 is 2.05 bits per heavy atom. The van der Waals surface area contributed by atoms with Gasteiger partial charge in [-0.3, -0.25) is 10.1 Å². The third kappa shape index (κ3) is 3.16. The number of nitro benzene ring substituents is 1. The molecule has 0 amide bonds. The van der Waals surface area contributed by atoms with Gasteiger partial charge in [-0.1, -0.05) is 18.2 Å². The second-order valence-corrected chi connectivity index (χ2v) is 5.19. The molecule has 104 valence electrons. The SMILES string of the molecule is O=[N+]([O-])c1cc(I)c(F)cc1NCc1ccccc1O. The molecule has 2 aromatic carbocycles. The van der Waals surface area contributed by atoms with Crippen molar-refractivity contribution in [2.75, 3.05) is 5.32 Å². The van der Waals surface area contributed by atoms with E-state index in [-0.39, 0.29) is 27.2 Å². The highest BCUT2D eigenvalue weighted by Gasteiger charge is 2.17. The van der Waals surface area contributed by atoms with Gasteiger partial charge >= 0.3 is 0 Å². The monoisotopic (exact) mass is 388 g/mol. The zero-order valence-corrected chi connectivity index (χ0v) is 12.3. The van der Waals surface area contributed by atoms with E-state index in [0.29, 0.717) is 5.56 Å². The van der Waals surface area contributed by atoms with E-state index in [1.54, 1.807) is 40.8 Å². The van der Waals surface area contributed by atoms with E-state index in [1.165, 1.54) is 12.1 Å². The lowest BCUT2D eigenvalue weighted by Gasteiger charge is -2.09. The predicted molar refractivity (Wildman–Crippen MR) is 81.2 cm³/mol. The van der Waals surface area contributed by atoms with Crippen molar-refractivity contribution in [1.29, 1.82) is 0 Å². The van der Waals surface area contributed by atoms with Gasteiger partial charge in [-0.05, 0) is 28.7 Å². The van der Waals surface area contributed by atoms with Crippen molar-refractivity contribution in [2.24, 2.45) is 0 Å². The van der Waals surface area contributed by atoms with E-state index < -0.39 is 10.7 Å². The first-order valence-corrected chi connectivity index (χ1v) is 6.71. The average molecular weight is 388 g/mol. The molecule has 0 atom stereocenters. The molecule has 0 bridgehead atoms. The van der Waals surface area contributed by atoms with Gasteiger partial charge in [0.1, 0.15) is 17.3 Å². The smallest absolute Gasteiger partial charge is 0.293 e. The van der Waals surface area contributed by atoms with Crippen LogP contribution in [0, 0.1) is 19.5 Å². The molecule has 0 spiro atoms. The number of para-hydroxylation sites is 1. The van der Waals surface area contributed by atoms with Crippen molar-refractivity contribution in [3.63, 3.8) is 0 Å². The molecule has 0 unspecified atom stereocenters. The van der Waals surface area contributed by atoms with Gasteiger partial charge in [0.2, 0.25) is 0 Å². The summed E-state index contributed by atoms with van der Waals surface area (Å²) in [5.74, 6) is -0.454. The van der Waals surface area contributed by atoms with E-state index in [9.17, 15) is 19.6 Å². The quantitative estimate of drug-likeness (QED) is 0.476. The molecule has 2 aromatic rings. The van der Waals surface area contributed by atoms with Crippen molar-refractivity contribution in [2.45, 2.75) is 6.54 Å². The van der Waals surface area contributed by atoms with Crippen LogP contribution in [0.1, 0.15) is 5.56 Å². The summed E-state index contributed by atoms with van der Waals surface area (Å²) in [6, 6.07) is 8.85. The summed E-state index contributed by atoms with van der Waals surface area (Å²) >= 11 is 1.70. The molecule has 0 aliphatic heterocycles. The van der Waals surface area contributed by atoms with E-state index in [1.807, 2.05) is 0 Å². The Morgan fingerprint density at radius 1 is 1.35 bits per heavy atom. The number of halogens is 2. The number of nitrogens with zero attached hydrogens (tertiary/aromatic N) is 1. The highest BCUT2D eigenvalue weighted by atomic mass is 127. The molecule has 0 fully saturated rings. The Bertz CT molecular complexity index is 664. The number of nitrogens with one attached hydrogen (secondary N) is 1. The maximum absolute atomic E-state index is 13.5. The number of phenolic OH excluding ortho intramolecular Hbond substituents is 1. The Balaban J connectivity index is 2.27. The second-order valence-electron chi connectivity index (χ2n) is 4.02. The fourth-order valence-electron chi connectivity index (χ4n) is 1.68. The minimum absolute atomic E-state index is 0.0774. The third-order valence-electron chi connectivity index (χ3n) is 2.70. The summed E-state index contributed by atoms with van der Waals surface area (Å²) in [7, 11) is 0. The Hall–Kier alpha value is -1.90. The molecule has 20 heavy (non-hydrogen) atoms. The van der Waals surface area contributed by atoms with Crippen LogP contribution in [0.3, 0.4) is 0 Å². The first-order valence-electron chi connectivity index (χ1n) is 5.63. The number of phenols is 1. The fraction of sp³-hybridized carbons (Fsp3) is 0.0769. The maximum atomic E-state index is 13.5. The molecule has 2 rings (SSSR count). The number of nitro groups is 1. The molecule has 7 heteroatoms. The van der Waals surface area contributed by atoms with Gasteiger partial charge in [0.05, 0.1) is 8.49 Å². The maximum Gasteiger partial charge on any atom is 0.293 e. The van der Waals surface area contributed by atoms with Crippen molar-refractivity contribution >= 4 is 34.0 Å². The summed E-state index contributed by atoms with van der Waals surface area (Å²) in [5, 5.41) is 23.3. The first kappa shape index (κ1) is 14.5. The Morgan fingerprint density at radius 3 is 2.70 bits per heavy atom. The minimum atomic E-state index is -0.575. The van der Waals surface area contributed by atoms with E-state index >= 15 is 0 Å². The zero-order chi connectivity index (χ0) is 14.7. The summed E-state index contributed by atoms with van der Waals surface area (Å²) in [5.41, 5.74) is 0.447. The van der Waals surface area contributed by atoms with Gasteiger partial charge in [0, 0.05) is 24.2 Å². The van der Waals surface area contributed by atoms with Crippen molar-refractivity contribution in [3.05, 3.63) is 61.5 Å². The van der Waals surface area contributed by atoms with E-state index in [0.717, 1.165) is 6.07 Å². The molecule has 0 aliphatic carbocycles. The van der Waals surface area contributed by atoms with Crippen LogP contribution in [0.15, 0.2) is 36.4 Å². The van der Waals surface area contributed by atoms with Crippen molar-refractivity contribution < 1.29 is 14.4 Å². The molecule has 0 radical (unpaired) electrons. The number of rotatable bonds is 4. The highest BCUT2D eigenvalue weighted by molar-refractivity contribution is 14.1. The summed E-state index contributed by atoms with van der Waals surface area (Å²) in [6.45, 7) is 0.160. The molecule has 2 N–H and O–H groups in total. The van der Waals surface area contributed by atoms with Crippen LogP contribution in [-0.2, 0) is 6.54 Å². The van der Waals surface area contributed by atoms with Crippen LogP contribution >= 0.6 is 22.6 Å². The first-order chi connectivity index (χ1) is 9.49. The van der Waals surface area contributed by atoms with Gasteiger partial charge in [-0.25, -0.2) is 4.39 Å². The average Bonchev–Trinajstić information content (AvgIpc) is 2.41. The summed E-state index contributed by atoms with van der Waals surface area (Å²) in [6.07, 6.45) is 0. The Kier molecular flexibility index (Phi) is 4.38. The lowest BCUT2D eigenvalue weighted by Crippen LogP contribution is -2.04. The molecule has 5 nitrogen and oxygen atoms in total. The molecule has 0 aromatic heterocycles. The molecule has 0 saturated carbocycles. The normalized spacial score (nSPS) is 10.3. The zero-order valence-electron chi connectivity index (χ0n) is 10.1. The fourth-order valence-corrected chi connectivity index (χ4v) is 2.13.